The summed E-state index contributed by atoms with van der Waals surface area (Å²) in [5.74, 6) is 0.787. The molecule has 0 saturated heterocycles. The molecule has 4 nitrogen and oxygen atoms in total. The lowest BCUT2D eigenvalue weighted by Crippen LogP contribution is -2.50. The van der Waals surface area contributed by atoms with E-state index in [2.05, 4.69) is 186 Å². The van der Waals surface area contributed by atoms with Gasteiger partial charge < -0.3 is 9.13 Å². The number of hydrogen-bond donors (Lipinski definition) is 0. The molecule has 250 valence electrons. The number of hydrogen-bond acceptors (Lipinski definition) is 2. The van der Waals surface area contributed by atoms with E-state index in [0.29, 0.717) is 0 Å². The zero-order valence-electron chi connectivity index (χ0n) is 29.5. The summed E-state index contributed by atoms with van der Waals surface area (Å²) in [5.41, 5.74) is 12.7. The topological polar surface area (TPSA) is 35.6 Å². The van der Waals surface area contributed by atoms with Crippen LogP contribution >= 0.6 is 0 Å². The second-order valence-electron chi connectivity index (χ2n) is 14.6. The lowest BCUT2D eigenvalue weighted by atomic mass is 10.00. The van der Waals surface area contributed by atoms with Crippen LogP contribution in [-0.2, 0) is 0 Å². The molecule has 7 aromatic carbocycles. The van der Waals surface area contributed by atoms with Gasteiger partial charge in [-0.3, -0.25) is 0 Å². The van der Waals surface area contributed by atoms with Crippen molar-refractivity contribution in [2.24, 2.45) is 0 Å². The van der Waals surface area contributed by atoms with Gasteiger partial charge in [0.2, 0.25) is 0 Å². The molecule has 0 N–H and O–H groups in total. The van der Waals surface area contributed by atoms with E-state index in [9.17, 15) is 0 Å². The van der Waals surface area contributed by atoms with Gasteiger partial charge in [-0.05, 0) is 47.1 Å². The first-order valence-electron chi connectivity index (χ1n) is 18.3. The summed E-state index contributed by atoms with van der Waals surface area (Å²) in [6, 6.07) is 61.3. The molecule has 0 spiro atoms. The van der Waals surface area contributed by atoms with Crippen molar-refractivity contribution in [2.45, 2.75) is 13.1 Å². The van der Waals surface area contributed by atoms with E-state index >= 15 is 0 Å². The van der Waals surface area contributed by atoms with Crippen molar-refractivity contribution in [3.63, 3.8) is 0 Å². The van der Waals surface area contributed by atoms with Gasteiger partial charge >= 0.3 is 0 Å². The standard InChI is InChI=1S/C48H34N4Si/c1-53(2)42-24-14-11-21-39(42)43-44(49-47(50-48(43)53)32-15-5-3-6-16-32)31-25-27-34(28-26-31)52-41-23-13-10-20-36(41)38-30-29-37-35-19-9-12-22-40(35)51(45(37)46(38)52)33-17-7-4-8-18-33/h3-30H,1-2H3. The van der Waals surface area contributed by atoms with Crippen LogP contribution in [0.2, 0.25) is 13.1 Å². The van der Waals surface area contributed by atoms with Crippen molar-refractivity contribution in [3.8, 4) is 45.1 Å². The van der Waals surface area contributed by atoms with Gasteiger partial charge in [0, 0.05) is 54.9 Å². The Labute approximate surface area is 308 Å². The number of aromatic nitrogens is 4. The molecule has 11 rings (SSSR count). The average molecular weight is 695 g/mol. The van der Waals surface area contributed by atoms with Crippen molar-refractivity contribution in [2.75, 3.05) is 0 Å². The Kier molecular flexibility index (Phi) is 6.37. The van der Waals surface area contributed by atoms with Crippen molar-refractivity contribution >= 4 is 62.2 Å². The Morgan fingerprint density at radius 2 is 0.962 bits per heavy atom. The van der Waals surface area contributed by atoms with Crippen LogP contribution in [0.25, 0.3) is 88.8 Å². The molecule has 1 aliphatic rings. The average Bonchev–Trinajstić information content (AvgIpc) is 3.82. The Bertz CT molecular complexity index is 3070. The number of nitrogens with zero attached hydrogens (tertiary/aromatic N) is 4. The zero-order valence-corrected chi connectivity index (χ0v) is 30.5. The Morgan fingerprint density at radius 3 is 1.60 bits per heavy atom. The first-order valence-corrected chi connectivity index (χ1v) is 21.3. The van der Waals surface area contributed by atoms with Gasteiger partial charge in [-0.15, -0.1) is 0 Å². The maximum Gasteiger partial charge on any atom is 0.159 e. The minimum atomic E-state index is -2.06. The lowest BCUT2D eigenvalue weighted by molar-refractivity contribution is 1.15. The largest absolute Gasteiger partial charge is 0.307 e. The van der Waals surface area contributed by atoms with E-state index in [1.807, 2.05) is 6.07 Å². The molecule has 3 aromatic heterocycles. The van der Waals surface area contributed by atoms with Crippen LogP contribution in [0.3, 0.4) is 0 Å². The predicted molar refractivity (Wildman–Crippen MR) is 224 cm³/mol. The normalized spacial score (nSPS) is 13.2. The quantitative estimate of drug-likeness (QED) is 0.172. The van der Waals surface area contributed by atoms with Gasteiger partial charge in [0.25, 0.3) is 0 Å². The third-order valence-electron chi connectivity index (χ3n) is 11.3. The molecule has 1 aliphatic heterocycles. The molecule has 5 heteroatoms. The van der Waals surface area contributed by atoms with E-state index in [1.165, 1.54) is 65.2 Å². The van der Waals surface area contributed by atoms with Crippen LogP contribution in [0.1, 0.15) is 0 Å². The van der Waals surface area contributed by atoms with Crippen LogP contribution < -0.4 is 10.5 Å². The second kappa shape index (κ2) is 11.2. The first-order chi connectivity index (χ1) is 26.1. The van der Waals surface area contributed by atoms with E-state index < -0.39 is 8.07 Å². The Morgan fingerprint density at radius 1 is 0.434 bits per heavy atom. The van der Waals surface area contributed by atoms with Gasteiger partial charge in [0.15, 0.2) is 5.82 Å². The van der Waals surface area contributed by atoms with Crippen LogP contribution in [0.15, 0.2) is 170 Å². The third-order valence-corrected chi connectivity index (χ3v) is 14.6. The fourth-order valence-corrected chi connectivity index (χ4v) is 11.8. The second-order valence-corrected chi connectivity index (χ2v) is 18.9. The minimum absolute atomic E-state index is 0.787. The van der Waals surface area contributed by atoms with Crippen molar-refractivity contribution in [1.29, 1.82) is 0 Å². The lowest BCUT2D eigenvalue weighted by Gasteiger charge is -2.19. The maximum atomic E-state index is 5.35. The highest BCUT2D eigenvalue weighted by atomic mass is 28.3. The molecule has 0 fully saturated rings. The maximum absolute atomic E-state index is 5.35. The van der Waals surface area contributed by atoms with Gasteiger partial charge in [-0.25, -0.2) is 9.97 Å². The molecule has 0 saturated carbocycles. The van der Waals surface area contributed by atoms with E-state index in [1.54, 1.807) is 0 Å². The fourth-order valence-electron chi connectivity index (χ4n) is 8.85. The number of para-hydroxylation sites is 3. The third kappa shape index (κ3) is 4.29. The Balaban J connectivity index is 1.18. The molecule has 0 amide bonds. The number of fused-ring (bicyclic) bond motifs is 10. The van der Waals surface area contributed by atoms with E-state index in [0.717, 1.165) is 34.0 Å². The monoisotopic (exact) mass is 694 g/mol. The van der Waals surface area contributed by atoms with Crippen molar-refractivity contribution in [1.82, 2.24) is 19.1 Å². The van der Waals surface area contributed by atoms with Crippen LogP contribution in [0, 0.1) is 0 Å². The molecule has 0 atom stereocenters. The van der Waals surface area contributed by atoms with Gasteiger partial charge in [-0.1, -0.05) is 147 Å². The summed E-state index contributed by atoms with van der Waals surface area (Å²) in [7, 11) is -2.06. The molecule has 4 heterocycles. The summed E-state index contributed by atoms with van der Waals surface area (Å²) in [6.45, 7) is 4.84. The Hall–Kier alpha value is -6.56. The molecule has 0 unspecified atom stereocenters. The fraction of sp³-hybridized carbons (Fsp3) is 0.0417. The van der Waals surface area contributed by atoms with Crippen LogP contribution in [-0.4, -0.2) is 27.2 Å². The highest BCUT2D eigenvalue weighted by molar-refractivity contribution is 7.03. The minimum Gasteiger partial charge on any atom is -0.307 e. The van der Waals surface area contributed by atoms with Gasteiger partial charge in [0.05, 0.1) is 27.8 Å². The van der Waals surface area contributed by atoms with Gasteiger partial charge in [-0.2, -0.15) is 0 Å². The molecule has 0 bridgehead atoms. The van der Waals surface area contributed by atoms with E-state index in [4.69, 9.17) is 9.97 Å². The SMILES string of the molecule is C[Si]1(C)c2ccccc2-c2c(-c3ccc(-n4c5ccccc5c5ccc6c7ccccc7n(-c7ccccc7)c6c54)cc3)nc(-c3ccccc3)nc21. The van der Waals surface area contributed by atoms with Crippen LogP contribution in [0.5, 0.6) is 0 Å². The zero-order chi connectivity index (χ0) is 35.3. The van der Waals surface area contributed by atoms with Gasteiger partial charge in [0.1, 0.15) is 8.07 Å². The molecule has 0 radical (unpaired) electrons. The highest BCUT2D eigenvalue weighted by Gasteiger charge is 2.41. The first kappa shape index (κ1) is 30.1. The van der Waals surface area contributed by atoms with Crippen molar-refractivity contribution < 1.29 is 0 Å². The smallest absolute Gasteiger partial charge is 0.159 e. The number of benzene rings is 7. The van der Waals surface area contributed by atoms with E-state index in [-0.39, 0.29) is 0 Å². The summed E-state index contributed by atoms with van der Waals surface area (Å²) in [6.07, 6.45) is 0. The summed E-state index contributed by atoms with van der Waals surface area (Å²) >= 11 is 0. The van der Waals surface area contributed by atoms with Crippen LogP contribution in [0.4, 0.5) is 0 Å². The summed E-state index contributed by atoms with van der Waals surface area (Å²) < 4.78 is 4.90. The molecular formula is C48H34N4Si. The number of rotatable bonds is 4. The summed E-state index contributed by atoms with van der Waals surface area (Å²) in [5, 5.41) is 7.61. The molecule has 0 aliphatic carbocycles. The van der Waals surface area contributed by atoms with Crippen molar-refractivity contribution in [3.05, 3.63) is 170 Å². The predicted octanol–water partition coefficient (Wildman–Crippen LogP) is 10.8. The summed E-state index contributed by atoms with van der Waals surface area (Å²) in [4.78, 5) is 10.7. The molecule has 53 heavy (non-hydrogen) atoms. The molecule has 10 aromatic rings. The highest BCUT2D eigenvalue weighted by Crippen LogP contribution is 2.42. The molecular weight excluding hydrogens is 661 g/mol.